The van der Waals surface area contributed by atoms with E-state index in [9.17, 15) is 14.7 Å². The smallest absolute Gasteiger partial charge is 0.327 e. The molecule has 22 heavy (non-hydrogen) atoms. The van der Waals surface area contributed by atoms with Crippen molar-refractivity contribution >= 4 is 17.8 Å². The summed E-state index contributed by atoms with van der Waals surface area (Å²) in [7, 11) is 0. The van der Waals surface area contributed by atoms with Crippen molar-refractivity contribution < 1.29 is 14.7 Å². The molecule has 0 radical (unpaired) electrons. The van der Waals surface area contributed by atoms with E-state index in [1.54, 1.807) is 0 Å². The first kappa shape index (κ1) is 16.5. The molecule has 124 valence electrons. The monoisotopic (exact) mass is 312 g/mol. The molecule has 0 saturated carbocycles. The lowest BCUT2D eigenvalue weighted by Crippen LogP contribution is -2.55. The Morgan fingerprint density at radius 1 is 1.36 bits per heavy atom. The fourth-order valence-electron chi connectivity index (χ4n) is 2.97. The molecule has 2 saturated heterocycles. The zero-order valence-electron chi connectivity index (χ0n) is 12.8. The second-order valence-electron chi connectivity index (χ2n) is 6.28. The molecule has 0 aromatic rings. The van der Waals surface area contributed by atoms with Crippen LogP contribution >= 0.6 is 0 Å². The van der Waals surface area contributed by atoms with E-state index in [1.807, 2.05) is 18.7 Å². The van der Waals surface area contributed by atoms with Gasteiger partial charge in [-0.1, -0.05) is 13.8 Å². The normalized spacial score (nSPS) is 32.0. The van der Waals surface area contributed by atoms with Crippen LogP contribution in [-0.2, 0) is 9.59 Å². The Morgan fingerprint density at radius 2 is 2.00 bits per heavy atom. The predicted molar refractivity (Wildman–Crippen MR) is 80.9 cm³/mol. The average molecular weight is 312 g/mol. The van der Waals surface area contributed by atoms with Crippen molar-refractivity contribution in [1.82, 2.24) is 10.2 Å². The Hall–Kier alpha value is -1.87. The minimum Gasteiger partial charge on any atom is -0.480 e. The first-order valence-electron chi connectivity index (χ1n) is 7.35. The van der Waals surface area contributed by atoms with Crippen LogP contribution in [0.15, 0.2) is 4.99 Å². The van der Waals surface area contributed by atoms with Gasteiger partial charge in [-0.2, -0.15) is 0 Å². The van der Waals surface area contributed by atoms with E-state index in [-0.39, 0.29) is 30.0 Å². The van der Waals surface area contributed by atoms with Crippen molar-refractivity contribution in [3.05, 3.63) is 0 Å². The third-order valence-electron chi connectivity index (χ3n) is 4.33. The number of carboxylic acids is 1. The molecular weight excluding hydrogens is 288 g/mol. The van der Waals surface area contributed by atoms with Crippen LogP contribution < -0.4 is 22.5 Å². The minimum atomic E-state index is -1.08. The fourth-order valence-corrected chi connectivity index (χ4v) is 2.97. The summed E-state index contributed by atoms with van der Waals surface area (Å²) in [6.07, 6.45) is 0.497. The summed E-state index contributed by atoms with van der Waals surface area (Å²) in [6.45, 7) is 4.36. The van der Waals surface area contributed by atoms with Gasteiger partial charge in [0.25, 0.3) is 0 Å². The molecular formula is C13H24N6O3. The first-order valence-corrected chi connectivity index (χ1v) is 7.35. The van der Waals surface area contributed by atoms with Crippen molar-refractivity contribution in [2.75, 3.05) is 6.54 Å². The van der Waals surface area contributed by atoms with Crippen molar-refractivity contribution in [1.29, 1.82) is 0 Å². The van der Waals surface area contributed by atoms with Gasteiger partial charge in [-0.3, -0.25) is 9.69 Å². The van der Waals surface area contributed by atoms with Crippen LogP contribution in [0.5, 0.6) is 0 Å². The minimum absolute atomic E-state index is 0.00441. The number of fused-ring (bicyclic) bond motifs is 1. The molecule has 2 aliphatic rings. The molecule has 0 spiro atoms. The Morgan fingerprint density at radius 3 is 2.50 bits per heavy atom. The van der Waals surface area contributed by atoms with E-state index >= 15 is 0 Å². The highest BCUT2D eigenvalue weighted by molar-refractivity contribution is 5.87. The Kier molecular flexibility index (Phi) is 4.57. The van der Waals surface area contributed by atoms with Crippen LogP contribution in [0.25, 0.3) is 0 Å². The standard InChI is InChI=1S/C13H24N6O3/c1-5(2)9(14)11(20)18-10(12(21)22)7-3-6(17-13(15)16)8-4-19(7)8/h5-10H,3-4,14H2,1-2H3,(H,18,20)(H,21,22)(H4,15,16,17)/t6-,7-,8?,9-,10?,19?/m0/s1. The summed E-state index contributed by atoms with van der Waals surface area (Å²) in [6, 6.07) is -2.03. The zero-order valence-corrected chi connectivity index (χ0v) is 12.8. The van der Waals surface area contributed by atoms with Crippen LogP contribution in [0, 0.1) is 5.92 Å². The lowest BCUT2D eigenvalue weighted by Gasteiger charge is -2.25. The maximum Gasteiger partial charge on any atom is 0.327 e. The van der Waals surface area contributed by atoms with Gasteiger partial charge in [-0.05, 0) is 12.3 Å². The molecule has 3 unspecified atom stereocenters. The third-order valence-corrected chi connectivity index (χ3v) is 4.33. The molecule has 2 aliphatic heterocycles. The summed E-state index contributed by atoms with van der Waals surface area (Å²) in [5.41, 5.74) is 16.6. The van der Waals surface area contributed by atoms with E-state index in [0.29, 0.717) is 6.42 Å². The van der Waals surface area contributed by atoms with E-state index in [1.165, 1.54) is 0 Å². The van der Waals surface area contributed by atoms with Gasteiger partial charge >= 0.3 is 5.97 Å². The number of carboxylic acid groups (broad SMARTS) is 1. The molecule has 6 atom stereocenters. The highest BCUT2D eigenvalue weighted by Gasteiger charge is 2.56. The number of amides is 1. The van der Waals surface area contributed by atoms with Gasteiger partial charge in [0.2, 0.25) is 5.91 Å². The van der Waals surface area contributed by atoms with Crippen molar-refractivity contribution in [3.63, 3.8) is 0 Å². The SMILES string of the molecule is CC(C)[C@H](N)C(=O)NC(C(=O)O)[C@@H]1C[C@H](N=C(N)N)C2CN21. The Balaban J connectivity index is 2.06. The number of guanidine groups is 1. The molecule has 0 aliphatic carbocycles. The summed E-state index contributed by atoms with van der Waals surface area (Å²) >= 11 is 0. The van der Waals surface area contributed by atoms with Gasteiger partial charge in [0.1, 0.15) is 6.04 Å². The molecule has 8 N–H and O–H groups in total. The number of aliphatic imine (C=N–C) groups is 1. The van der Waals surface area contributed by atoms with Gasteiger partial charge in [0.15, 0.2) is 5.96 Å². The quantitative estimate of drug-likeness (QED) is 0.208. The first-order chi connectivity index (χ1) is 10.2. The number of piperidine rings is 1. The summed E-state index contributed by atoms with van der Waals surface area (Å²) in [5, 5.41) is 12.0. The molecule has 1 amide bonds. The largest absolute Gasteiger partial charge is 0.480 e. The van der Waals surface area contributed by atoms with Gasteiger partial charge in [0.05, 0.1) is 12.1 Å². The van der Waals surface area contributed by atoms with Gasteiger partial charge in [-0.25, -0.2) is 9.79 Å². The second-order valence-corrected chi connectivity index (χ2v) is 6.28. The lowest BCUT2D eigenvalue weighted by atomic mass is 9.99. The summed E-state index contributed by atoms with van der Waals surface area (Å²) in [4.78, 5) is 29.7. The maximum absolute atomic E-state index is 12.1. The van der Waals surface area contributed by atoms with Gasteiger partial charge < -0.3 is 27.6 Å². The van der Waals surface area contributed by atoms with Crippen molar-refractivity contribution in [3.8, 4) is 0 Å². The summed E-state index contributed by atoms with van der Waals surface area (Å²) < 4.78 is 0. The molecule has 9 heteroatoms. The number of aliphatic carboxylic acids is 1. The van der Waals surface area contributed by atoms with Crippen LogP contribution in [0.3, 0.4) is 0 Å². The van der Waals surface area contributed by atoms with E-state index in [2.05, 4.69) is 10.3 Å². The highest BCUT2D eigenvalue weighted by atomic mass is 16.4. The molecule has 9 nitrogen and oxygen atoms in total. The van der Waals surface area contributed by atoms with Crippen LogP contribution in [0.4, 0.5) is 0 Å². The van der Waals surface area contributed by atoms with Crippen molar-refractivity contribution in [2.45, 2.75) is 50.5 Å². The number of nitrogens with zero attached hydrogens (tertiary/aromatic N) is 2. The second kappa shape index (κ2) is 6.09. The van der Waals surface area contributed by atoms with Crippen LogP contribution in [-0.4, -0.2) is 64.6 Å². The number of carbonyl (C=O) groups is 2. The number of hydrogen-bond acceptors (Lipinski definition) is 5. The molecule has 2 heterocycles. The molecule has 2 rings (SSSR count). The predicted octanol–water partition coefficient (Wildman–Crippen LogP) is -2.36. The topological polar surface area (TPSA) is 160 Å². The van der Waals surface area contributed by atoms with Crippen LogP contribution in [0.1, 0.15) is 20.3 Å². The Bertz CT molecular complexity index is 490. The van der Waals surface area contributed by atoms with Gasteiger partial charge in [-0.15, -0.1) is 0 Å². The summed E-state index contributed by atoms with van der Waals surface area (Å²) in [5.74, 6) is -1.60. The third kappa shape index (κ3) is 3.30. The lowest BCUT2D eigenvalue weighted by molar-refractivity contribution is -0.143. The van der Waals surface area contributed by atoms with E-state index in [0.717, 1.165) is 6.54 Å². The molecule has 2 fully saturated rings. The van der Waals surface area contributed by atoms with Crippen molar-refractivity contribution in [2.24, 2.45) is 28.1 Å². The number of nitrogens with two attached hydrogens (primary N) is 3. The number of carbonyl (C=O) groups excluding carboxylic acids is 1. The molecule has 0 aromatic heterocycles. The van der Waals surface area contributed by atoms with E-state index in [4.69, 9.17) is 17.2 Å². The fraction of sp³-hybridized carbons (Fsp3) is 0.769. The zero-order chi connectivity index (χ0) is 16.6. The molecule has 0 aromatic carbocycles. The number of rotatable bonds is 6. The number of hydrogen-bond donors (Lipinski definition) is 5. The van der Waals surface area contributed by atoms with Crippen LogP contribution in [0.2, 0.25) is 0 Å². The average Bonchev–Trinajstić information content (AvgIpc) is 3.13. The maximum atomic E-state index is 12.1. The van der Waals surface area contributed by atoms with E-state index < -0.39 is 24.0 Å². The molecule has 0 bridgehead atoms. The number of nitrogens with one attached hydrogen (secondary N) is 1. The van der Waals surface area contributed by atoms with Gasteiger partial charge in [0, 0.05) is 18.6 Å². The Labute approximate surface area is 128 Å². The highest BCUT2D eigenvalue weighted by Crippen LogP contribution is 2.39.